The van der Waals surface area contributed by atoms with E-state index >= 15 is 0 Å². The van der Waals surface area contributed by atoms with Crippen LogP contribution in [0.5, 0.6) is 0 Å². The van der Waals surface area contributed by atoms with E-state index in [4.69, 9.17) is 0 Å². The summed E-state index contributed by atoms with van der Waals surface area (Å²) >= 11 is 1.08. The van der Waals surface area contributed by atoms with Crippen LogP contribution in [-0.4, -0.2) is 10.7 Å². The average Bonchev–Trinajstić information content (AvgIpc) is 2.41. The minimum absolute atomic E-state index is 0.0490. The molecule has 2 rings (SSSR count). The lowest BCUT2D eigenvalue weighted by Crippen LogP contribution is -2.00. The number of nitro benzene ring substituents is 1. The predicted molar refractivity (Wildman–Crippen MR) is 73.6 cm³/mol. The molecule has 0 bridgehead atoms. The number of nitrogens with zero attached hydrogens (tertiary/aromatic N) is 1. The Bertz CT molecular complexity index is 688. The molecule has 2 aromatic rings. The summed E-state index contributed by atoms with van der Waals surface area (Å²) in [6.45, 7) is 1.27. The van der Waals surface area contributed by atoms with Crippen LogP contribution >= 0.6 is 11.8 Å². The quantitative estimate of drug-likeness (QED) is 0.483. The number of ketones is 1. The van der Waals surface area contributed by atoms with Gasteiger partial charge in [0.25, 0.3) is 5.69 Å². The maximum atomic E-state index is 13.5. The molecule has 0 N–H and O–H groups in total. The normalized spacial score (nSPS) is 10.3. The number of rotatable bonds is 4. The van der Waals surface area contributed by atoms with Gasteiger partial charge in [0.15, 0.2) is 5.78 Å². The van der Waals surface area contributed by atoms with E-state index in [0.29, 0.717) is 9.79 Å². The smallest absolute Gasteiger partial charge is 0.281 e. The van der Waals surface area contributed by atoms with Crippen LogP contribution in [0.15, 0.2) is 52.3 Å². The second kappa shape index (κ2) is 5.83. The fourth-order valence-corrected chi connectivity index (χ4v) is 2.55. The lowest BCUT2D eigenvalue weighted by atomic mass is 10.1. The van der Waals surface area contributed by atoms with Gasteiger partial charge in [0, 0.05) is 15.9 Å². The van der Waals surface area contributed by atoms with Crippen molar-refractivity contribution in [2.45, 2.75) is 16.7 Å². The second-order valence-corrected chi connectivity index (χ2v) is 5.14. The number of carbonyl (C=O) groups is 1. The number of nitro groups is 1. The van der Waals surface area contributed by atoms with Crippen molar-refractivity contribution in [3.8, 4) is 0 Å². The maximum absolute atomic E-state index is 13.5. The minimum atomic E-state index is -0.609. The number of hydrogen-bond donors (Lipinski definition) is 0. The van der Waals surface area contributed by atoms with E-state index < -0.39 is 10.7 Å². The summed E-state index contributed by atoms with van der Waals surface area (Å²) in [5, 5.41) is 11.0. The molecule has 0 saturated heterocycles. The molecule has 0 heterocycles. The third-order valence-electron chi connectivity index (χ3n) is 2.61. The SMILES string of the molecule is CC(=O)c1ccc(Sc2ccccc2F)cc1[N+](=O)[O-]. The molecule has 0 aliphatic rings. The summed E-state index contributed by atoms with van der Waals surface area (Å²) in [4.78, 5) is 22.6. The summed E-state index contributed by atoms with van der Waals surface area (Å²) in [7, 11) is 0. The molecule has 0 aromatic heterocycles. The molecule has 0 amide bonds. The summed E-state index contributed by atoms with van der Waals surface area (Å²) < 4.78 is 13.5. The highest BCUT2D eigenvalue weighted by molar-refractivity contribution is 7.99. The van der Waals surface area contributed by atoms with Gasteiger partial charge in [0.2, 0.25) is 0 Å². The van der Waals surface area contributed by atoms with Gasteiger partial charge in [-0.3, -0.25) is 14.9 Å². The van der Waals surface area contributed by atoms with Crippen LogP contribution in [0.1, 0.15) is 17.3 Å². The number of hydrogen-bond acceptors (Lipinski definition) is 4. The molecular formula is C14H10FNO3S. The summed E-state index contributed by atoms with van der Waals surface area (Å²) in [6, 6.07) is 10.4. The van der Waals surface area contributed by atoms with E-state index in [1.54, 1.807) is 24.3 Å². The number of carbonyl (C=O) groups excluding carboxylic acids is 1. The second-order valence-electron chi connectivity index (χ2n) is 4.02. The zero-order chi connectivity index (χ0) is 14.7. The van der Waals surface area contributed by atoms with E-state index in [9.17, 15) is 19.3 Å². The summed E-state index contributed by atoms with van der Waals surface area (Å²) in [6.07, 6.45) is 0. The topological polar surface area (TPSA) is 60.2 Å². The Balaban J connectivity index is 2.40. The first kappa shape index (κ1) is 14.2. The van der Waals surface area contributed by atoms with Crippen LogP contribution in [-0.2, 0) is 0 Å². The van der Waals surface area contributed by atoms with Gasteiger partial charge in [-0.1, -0.05) is 23.9 Å². The summed E-state index contributed by atoms with van der Waals surface area (Å²) in [5.74, 6) is -0.769. The number of benzene rings is 2. The number of halogens is 1. The van der Waals surface area contributed by atoms with Crippen LogP contribution in [0, 0.1) is 15.9 Å². The largest absolute Gasteiger partial charge is 0.294 e. The van der Waals surface area contributed by atoms with Gasteiger partial charge in [0.1, 0.15) is 5.82 Å². The lowest BCUT2D eigenvalue weighted by Gasteiger charge is -2.05. The molecule has 0 fully saturated rings. The van der Waals surface area contributed by atoms with Crippen molar-refractivity contribution in [1.82, 2.24) is 0 Å². The van der Waals surface area contributed by atoms with E-state index in [1.165, 1.54) is 25.1 Å². The van der Waals surface area contributed by atoms with Crippen LogP contribution in [0.3, 0.4) is 0 Å². The van der Waals surface area contributed by atoms with Gasteiger partial charge in [-0.05, 0) is 31.2 Å². The first-order chi connectivity index (χ1) is 9.49. The molecule has 0 aliphatic carbocycles. The van der Waals surface area contributed by atoms with Crippen LogP contribution in [0.25, 0.3) is 0 Å². The van der Waals surface area contributed by atoms with Crippen molar-refractivity contribution in [2.24, 2.45) is 0 Å². The highest BCUT2D eigenvalue weighted by atomic mass is 32.2. The van der Waals surface area contributed by atoms with Gasteiger partial charge in [-0.2, -0.15) is 0 Å². The molecular weight excluding hydrogens is 281 g/mol. The van der Waals surface area contributed by atoms with E-state index in [0.717, 1.165) is 11.8 Å². The van der Waals surface area contributed by atoms with Crippen molar-refractivity contribution < 1.29 is 14.1 Å². The Morgan fingerprint density at radius 2 is 1.95 bits per heavy atom. The Labute approximate surface area is 118 Å². The zero-order valence-corrected chi connectivity index (χ0v) is 11.3. The van der Waals surface area contributed by atoms with Gasteiger partial charge in [-0.15, -0.1) is 0 Å². The average molecular weight is 291 g/mol. The van der Waals surface area contributed by atoms with Crippen molar-refractivity contribution in [3.63, 3.8) is 0 Å². The molecule has 0 saturated carbocycles. The van der Waals surface area contributed by atoms with Crippen LogP contribution in [0.4, 0.5) is 10.1 Å². The fraction of sp³-hybridized carbons (Fsp3) is 0.0714. The molecule has 0 spiro atoms. The Hall–Kier alpha value is -2.21. The predicted octanol–water partition coefficient (Wildman–Crippen LogP) is 4.09. The van der Waals surface area contributed by atoms with Crippen molar-refractivity contribution in [3.05, 3.63) is 64.0 Å². The van der Waals surface area contributed by atoms with Crippen molar-refractivity contribution in [1.29, 1.82) is 0 Å². The minimum Gasteiger partial charge on any atom is -0.294 e. The molecule has 4 nitrogen and oxygen atoms in total. The summed E-state index contributed by atoms with van der Waals surface area (Å²) in [5.41, 5.74) is -0.216. The third-order valence-corrected chi connectivity index (χ3v) is 3.65. The van der Waals surface area contributed by atoms with Crippen LogP contribution in [0.2, 0.25) is 0 Å². The molecule has 0 radical (unpaired) electrons. The Kier molecular flexibility index (Phi) is 4.14. The molecule has 0 unspecified atom stereocenters. The van der Waals surface area contributed by atoms with Gasteiger partial charge < -0.3 is 0 Å². The maximum Gasteiger partial charge on any atom is 0.281 e. The van der Waals surface area contributed by atoms with Crippen LogP contribution < -0.4 is 0 Å². The van der Waals surface area contributed by atoms with E-state index in [2.05, 4.69) is 0 Å². The third kappa shape index (κ3) is 3.03. The first-order valence-electron chi connectivity index (χ1n) is 5.71. The van der Waals surface area contributed by atoms with E-state index in [-0.39, 0.29) is 17.0 Å². The Morgan fingerprint density at radius 1 is 1.25 bits per heavy atom. The molecule has 20 heavy (non-hydrogen) atoms. The molecule has 6 heteroatoms. The lowest BCUT2D eigenvalue weighted by molar-refractivity contribution is -0.385. The van der Waals surface area contributed by atoms with E-state index in [1.807, 2.05) is 0 Å². The molecule has 0 atom stereocenters. The highest BCUT2D eigenvalue weighted by Gasteiger charge is 2.18. The Morgan fingerprint density at radius 3 is 2.55 bits per heavy atom. The van der Waals surface area contributed by atoms with Gasteiger partial charge in [-0.25, -0.2) is 4.39 Å². The standard InChI is InChI=1S/C14H10FNO3S/c1-9(17)11-7-6-10(8-13(11)16(18)19)20-14-5-3-2-4-12(14)15/h2-8H,1H3. The van der Waals surface area contributed by atoms with Crippen molar-refractivity contribution >= 4 is 23.2 Å². The monoisotopic (exact) mass is 291 g/mol. The van der Waals surface area contributed by atoms with Crippen molar-refractivity contribution in [2.75, 3.05) is 0 Å². The van der Waals surface area contributed by atoms with Gasteiger partial charge in [0.05, 0.1) is 10.5 Å². The number of Topliss-reactive ketones (excluding diaryl/α,β-unsaturated/α-hetero) is 1. The van der Waals surface area contributed by atoms with Gasteiger partial charge >= 0.3 is 0 Å². The highest BCUT2D eigenvalue weighted by Crippen LogP contribution is 2.33. The fourth-order valence-electron chi connectivity index (χ4n) is 1.68. The molecule has 0 aliphatic heterocycles. The first-order valence-corrected chi connectivity index (χ1v) is 6.52. The molecule has 2 aromatic carbocycles. The zero-order valence-electron chi connectivity index (χ0n) is 10.5. The molecule has 102 valence electrons.